The Morgan fingerprint density at radius 3 is 2.30 bits per heavy atom. The van der Waals surface area contributed by atoms with E-state index in [0.29, 0.717) is 12.1 Å². The quantitative estimate of drug-likeness (QED) is 0.475. The molecule has 0 aromatic heterocycles. The molecule has 0 bridgehead atoms. The molecule has 2 nitrogen and oxygen atoms in total. The van der Waals surface area contributed by atoms with Crippen molar-refractivity contribution in [3.63, 3.8) is 0 Å². The van der Waals surface area contributed by atoms with Crippen LogP contribution in [0.4, 0.5) is 0 Å². The molecule has 1 heterocycles. The fraction of sp³-hybridized carbons (Fsp3) is 1.00. The van der Waals surface area contributed by atoms with Crippen molar-refractivity contribution >= 4 is 22.9 Å². The maximum absolute atomic E-state index is 2.42. The van der Waals surface area contributed by atoms with Crippen LogP contribution < -0.4 is 0 Å². The first-order chi connectivity index (χ1) is 4.61. The van der Waals surface area contributed by atoms with Gasteiger partial charge in [0.25, 0.3) is 0 Å². The zero-order valence-corrected chi connectivity index (χ0v) is 9.00. The predicted molar refractivity (Wildman–Crippen MR) is 52.3 cm³/mol. The molecule has 10 heavy (non-hydrogen) atoms. The van der Waals surface area contributed by atoms with Crippen LogP contribution in [-0.4, -0.2) is 40.2 Å². The summed E-state index contributed by atoms with van der Waals surface area (Å²) in [6.07, 6.45) is 0. The van der Waals surface area contributed by atoms with Crippen LogP contribution in [0.2, 0.25) is 0 Å². The molecule has 0 spiro atoms. The summed E-state index contributed by atoms with van der Waals surface area (Å²) < 4.78 is 2.39. The van der Waals surface area contributed by atoms with Gasteiger partial charge in [-0.3, -0.25) is 0 Å². The Hall–Kier alpha value is 0.650. The number of halogens is 1. The van der Waals surface area contributed by atoms with Gasteiger partial charge < -0.3 is 4.90 Å². The minimum Gasteiger partial charge on any atom is -0.301 e. The summed E-state index contributed by atoms with van der Waals surface area (Å²) in [5, 5.41) is 0. The second-order valence-electron chi connectivity index (χ2n) is 3.22. The Morgan fingerprint density at radius 1 is 1.20 bits per heavy atom. The fourth-order valence-electron chi connectivity index (χ4n) is 1.26. The highest BCUT2D eigenvalue weighted by molar-refractivity contribution is 14.1. The van der Waals surface area contributed by atoms with Gasteiger partial charge in [0.15, 0.2) is 0 Å². The summed E-state index contributed by atoms with van der Waals surface area (Å²) in [6, 6.07) is 1.43. The molecule has 1 aliphatic heterocycles. The molecule has 0 amide bonds. The van der Waals surface area contributed by atoms with Crippen LogP contribution in [0.3, 0.4) is 0 Å². The van der Waals surface area contributed by atoms with Crippen molar-refractivity contribution in [3.8, 4) is 0 Å². The van der Waals surface area contributed by atoms with Crippen LogP contribution in [-0.2, 0) is 0 Å². The Balaban J connectivity index is 2.46. The van der Waals surface area contributed by atoms with Crippen molar-refractivity contribution in [2.24, 2.45) is 0 Å². The molecule has 1 fully saturated rings. The van der Waals surface area contributed by atoms with E-state index in [1.807, 2.05) is 0 Å². The fourth-order valence-corrected chi connectivity index (χ4v) is 2.00. The van der Waals surface area contributed by atoms with Gasteiger partial charge in [0, 0.05) is 48.0 Å². The van der Waals surface area contributed by atoms with Crippen LogP contribution in [0.25, 0.3) is 0 Å². The van der Waals surface area contributed by atoms with E-state index >= 15 is 0 Å². The third-order valence-corrected chi connectivity index (χ3v) is 3.57. The first-order valence-electron chi connectivity index (χ1n) is 3.74. The molecule has 1 rings (SSSR count). The molecule has 60 valence electrons. The first-order valence-corrected chi connectivity index (χ1v) is 4.70. The van der Waals surface area contributed by atoms with Gasteiger partial charge in [-0.05, 0) is 20.9 Å². The Kier molecular flexibility index (Phi) is 2.94. The van der Waals surface area contributed by atoms with Gasteiger partial charge in [-0.25, -0.2) is 3.11 Å². The van der Waals surface area contributed by atoms with Crippen molar-refractivity contribution in [2.75, 3.05) is 20.1 Å². The normalized spacial score (nSPS) is 38.4. The SMILES string of the molecule is CC1CN(I)C(C)CN1C. The number of likely N-dealkylation sites (N-methyl/N-ethyl adjacent to an activating group) is 1. The van der Waals surface area contributed by atoms with Crippen LogP contribution in [0.5, 0.6) is 0 Å². The van der Waals surface area contributed by atoms with Crippen molar-refractivity contribution in [3.05, 3.63) is 0 Å². The van der Waals surface area contributed by atoms with Gasteiger partial charge in [0.2, 0.25) is 0 Å². The molecule has 3 heteroatoms. The van der Waals surface area contributed by atoms with Crippen molar-refractivity contribution in [1.29, 1.82) is 0 Å². The summed E-state index contributed by atoms with van der Waals surface area (Å²) in [7, 11) is 2.20. The Bertz CT molecular complexity index is 92.2. The Morgan fingerprint density at radius 2 is 1.80 bits per heavy atom. The van der Waals surface area contributed by atoms with Crippen LogP contribution in [0, 0.1) is 0 Å². The minimum atomic E-state index is 0.710. The van der Waals surface area contributed by atoms with Crippen LogP contribution >= 0.6 is 22.9 Å². The second kappa shape index (κ2) is 3.36. The van der Waals surface area contributed by atoms with Gasteiger partial charge in [-0.15, -0.1) is 0 Å². The number of nitrogens with zero attached hydrogens (tertiary/aromatic N) is 2. The molecule has 0 aliphatic carbocycles. The van der Waals surface area contributed by atoms with Crippen molar-refractivity contribution in [1.82, 2.24) is 8.01 Å². The molecule has 0 aromatic rings. The molecular weight excluding hydrogens is 239 g/mol. The third kappa shape index (κ3) is 1.83. The van der Waals surface area contributed by atoms with Gasteiger partial charge in [-0.1, -0.05) is 0 Å². The largest absolute Gasteiger partial charge is 0.301 e. The monoisotopic (exact) mass is 254 g/mol. The average Bonchev–Trinajstić information content (AvgIpc) is 1.84. The van der Waals surface area contributed by atoms with E-state index in [1.54, 1.807) is 0 Å². The second-order valence-corrected chi connectivity index (χ2v) is 4.46. The Labute approximate surface area is 77.1 Å². The molecule has 0 N–H and O–H groups in total. The van der Waals surface area contributed by atoms with Gasteiger partial charge in [0.1, 0.15) is 0 Å². The predicted octanol–water partition coefficient (Wildman–Crippen LogP) is 1.36. The highest BCUT2D eigenvalue weighted by Gasteiger charge is 2.24. The summed E-state index contributed by atoms with van der Waals surface area (Å²) in [5.41, 5.74) is 0. The summed E-state index contributed by atoms with van der Waals surface area (Å²) in [5.74, 6) is 0. The topological polar surface area (TPSA) is 6.48 Å². The summed E-state index contributed by atoms with van der Waals surface area (Å²) in [6.45, 7) is 6.94. The lowest BCUT2D eigenvalue weighted by Gasteiger charge is -2.38. The minimum absolute atomic E-state index is 0.710. The standard InChI is InChI=1S/C7H15IN2/c1-6-5-10(8)7(2)4-9(6)3/h6-7H,4-5H2,1-3H3. The van der Waals surface area contributed by atoms with E-state index in [1.165, 1.54) is 13.1 Å². The zero-order chi connectivity index (χ0) is 7.72. The number of rotatable bonds is 0. The highest BCUT2D eigenvalue weighted by Crippen LogP contribution is 2.16. The highest BCUT2D eigenvalue weighted by atomic mass is 127. The van der Waals surface area contributed by atoms with Gasteiger partial charge in [0.05, 0.1) is 0 Å². The molecule has 0 aromatic carbocycles. The number of piperazine rings is 1. The summed E-state index contributed by atoms with van der Waals surface area (Å²) >= 11 is 2.41. The average molecular weight is 254 g/mol. The number of hydrogen-bond acceptors (Lipinski definition) is 2. The molecule has 2 unspecified atom stereocenters. The molecule has 0 saturated carbocycles. The maximum Gasteiger partial charge on any atom is 0.0293 e. The van der Waals surface area contributed by atoms with E-state index in [-0.39, 0.29) is 0 Å². The first kappa shape index (κ1) is 8.74. The van der Waals surface area contributed by atoms with E-state index < -0.39 is 0 Å². The molecular formula is C7H15IN2. The molecule has 1 aliphatic rings. The maximum atomic E-state index is 2.42. The van der Waals surface area contributed by atoms with E-state index in [0.717, 1.165) is 0 Å². The zero-order valence-electron chi connectivity index (χ0n) is 6.84. The smallest absolute Gasteiger partial charge is 0.0293 e. The molecule has 2 atom stereocenters. The van der Waals surface area contributed by atoms with E-state index in [4.69, 9.17) is 0 Å². The lowest BCUT2D eigenvalue weighted by atomic mass is 10.2. The van der Waals surface area contributed by atoms with E-state index in [2.05, 4.69) is 51.8 Å². The van der Waals surface area contributed by atoms with Crippen LogP contribution in [0.15, 0.2) is 0 Å². The lowest BCUT2D eigenvalue weighted by molar-refractivity contribution is 0.137. The van der Waals surface area contributed by atoms with E-state index in [9.17, 15) is 0 Å². The molecule has 1 saturated heterocycles. The van der Waals surface area contributed by atoms with Crippen molar-refractivity contribution < 1.29 is 0 Å². The lowest BCUT2D eigenvalue weighted by Crippen LogP contribution is -2.50. The van der Waals surface area contributed by atoms with Gasteiger partial charge in [-0.2, -0.15) is 0 Å². The third-order valence-electron chi connectivity index (χ3n) is 2.22. The van der Waals surface area contributed by atoms with Gasteiger partial charge >= 0.3 is 0 Å². The molecule has 0 radical (unpaired) electrons. The van der Waals surface area contributed by atoms with Crippen LogP contribution in [0.1, 0.15) is 13.8 Å². The number of hydrogen-bond donors (Lipinski definition) is 0. The van der Waals surface area contributed by atoms with Crippen molar-refractivity contribution in [2.45, 2.75) is 25.9 Å². The summed E-state index contributed by atoms with van der Waals surface area (Å²) in [4.78, 5) is 2.42.